The van der Waals surface area contributed by atoms with Gasteiger partial charge in [-0.05, 0) is 18.4 Å². The molecule has 4 nitrogen and oxygen atoms in total. The van der Waals surface area contributed by atoms with Gasteiger partial charge in [-0.3, -0.25) is 4.79 Å². The predicted molar refractivity (Wildman–Crippen MR) is 74.7 cm³/mol. The minimum atomic E-state index is -0.00282. The van der Waals surface area contributed by atoms with E-state index in [9.17, 15) is 10.0 Å². The standard InChI is InChI=1S/C16H16N2O2/c19-16(14-8-10-17(20)11-9-14)18(15-6-7-15)12-13-4-2-1-3-5-13/h1-5,8-11,15H,6-7,12H2. The first-order chi connectivity index (χ1) is 9.74. The average molecular weight is 268 g/mol. The number of nitrogens with zero attached hydrogens (tertiary/aromatic N) is 2. The van der Waals surface area contributed by atoms with Crippen LogP contribution in [0.1, 0.15) is 28.8 Å². The molecule has 1 fully saturated rings. The molecule has 0 saturated heterocycles. The van der Waals surface area contributed by atoms with Gasteiger partial charge >= 0.3 is 0 Å². The molecule has 1 aromatic carbocycles. The lowest BCUT2D eigenvalue weighted by molar-refractivity contribution is -0.605. The number of amides is 1. The second kappa shape index (κ2) is 5.33. The summed E-state index contributed by atoms with van der Waals surface area (Å²) in [5.74, 6) is -0.00282. The first-order valence-corrected chi connectivity index (χ1v) is 6.78. The number of carbonyl (C=O) groups is 1. The summed E-state index contributed by atoms with van der Waals surface area (Å²) in [6.45, 7) is 0.622. The van der Waals surface area contributed by atoms with E-state index in [4.69, 9.17) is 0 Å². The number of hydrogen-bond acceptors (Lipinski definition) is 2. The van der Waals surface area contributed by atoms with Crippen LogP contribution in [0.25, 0.3) is 0 Å². The highest BCUT2D eigenvalue weighted by atomic mass is 16.5. The van der Waals surface area contributed by atoms with Crippen molar-refractivity contribution in [3.8, 4) is 0 Å². The molecule has 20 heavy (non-hydrogen) atoms. The number of hydrogen-bond donors (Lipinski definition) is 0. The molecule has 2 aromatic rings. The van der Waals surface area contributed by atoms with E-state index in [0.717, 1.165) is 18.4 Å². The summed E-state index contributed by atoms with van der Waals surface area (Å²) in [4.78, 5) is 14.5. The second-order valence-corrected chi connectivity index (χ2v) is 5.10. The molecule has 0 atom stereocenters. The van der Waals surface area contributed by atoms with Gasteiger partial charge in [-0.25, -0.2) is 0 Å². The Morgan fingerprint density at radius 3 is 2.40 bits per heavy atom. The summed E-state index contributed by atoms with van der Waals surface area (Å²) in [6, 6.07) is 13.5. The van der Waals surface area contributed by atoms with Crippen molar-refractivity contribution in [2.45, 2.75) is 25.4 Å². The molecule has 1 aliphatic carbocycles. The number of benzene rings is 1. The Bertz CT molecular complexity index is 592. The quantitative estimate of drug-likeness (QED) is 0.630. The number of carbonyl (C=O) groups excluding carboxylic acids is 1. The summed E-state index contributed by atoms with van der Waals surface area (Å²) in [6.07, 6.45) is 4.85. The summed E-state index contributed by atoms with van der Waals surface area (Å²) in [5, 5.41) is 11.0. The Morgan fingerprint density at radius 2 is 1.80 bits per heavy atom. The van der Waals surface area contributed by atoms with Crippen LogP contribution in [0.5, 0.6) is 0 Å². The first-order valence-electron chi connectivity index (χ1n) is 6.78. The van der Waals surface area contributed by atoms with Gasteiger partial charge < -0.3 is 10.1 Å². The highest BCUT2D eigenvalue weighted by molar-refractivity contribution is 5.94. The van der Waals surface area contributed by atoms with E-state index < -0.39 is 0 Å². The minimum Gasteiger partial charge on any atom is -0.619 e. The fraction of sp³-hybridized carbons (Fsp3) is 0.250. The van der Waals surface area contributed by atoms with Crippen LogP contribution in [0, 0.1) is 5.21 Å². The van der Waals surface area contributed by atoms with Crippen molar-refractivity contribution in [2.75, 3.05) is 0 Å². The van der Waals surface area contributed by atoms with Crippen LogP contribution in [0.2, 0.25) is 0 Å². The van der Waals surface area contributed by atoms with Crippen molar-refractivity contribution >= 4 is 5.91 Å². The number of aromatic nitrogens is 1. The molecule has 102 valence electrons. The maximum absolute atomic E-state index is 12.6. The van der Waals surface area contributed by atoms with Gasteiger partial charge in [0, 0.05) is 24.7 Å². The van der Waals surface area contributed by atoms with Crippen molar-refractivity contribution in [3.63, 3.8) is 0 Å². The van der Waals surface area contributed by atoms with E-state index in [2.05, 4.69) is 0 Å². The highest BCUT2D eigenvalue weighted by Gasteiger charge is 2.33. The van der Waals surface area contributed by atoms with Crippen molar-refractivity contribution < 1.29 is 9.52 Å². The third-order valence-corrected chi connectivity index (χ3v) is 3.49. The van der Waals surface area contributed by atoms with Gasteiger partial charge in [-0.15, -0.1) is 0 Å². The lowest BCUT2D eigenvalue weighted by Gasteiger charge is -2.22. The van der Waals surface area contributed by atoms with Gasteiger partial charge in [0.1, 0.15) is 0 Å². The van der Waals surface area contributed by atoms with Crippen LogP contribution in [-0.4, -0.2) is 16.8 Å². The highest BCUT2D eigenvalue weighted by Crippen LogP contribution is 2.29. The molecular formula is C16H16N2O2. The van der Waals surface area contributed by atoms with E-state index in [1.165, 1.54) is 12.4 Å². The largest absolute Gasteiger partial charge is 0.619 e. The molecule has 0 aliphatic heterocycles. The van der Waals surface area contributed by atoms with Gasteiger partial charge in [0.15, 0.2) is 12.4 Å². The van der Waals surface area contributed by atoms with Crippen LogP contribution >= 0.6 is 0 Å². The molecule has 0 bridgehead atoms. The van der Waals surface area contributed by atoms with Crippen molar-refractivity contribution in [1.29, 1.82) is 0 Å². The molecule has 1 aliphatic rings. The normalized spacial score (nSPS) is 14.0. The van der Waals surface area contributed by atoms with Gasteiger partial charge in [-0.2, -0.15) is 4.73 Å². The molecule has 1 amide bonds. The maximum Gasteiger partial charge on any atom is 0.254 e. The number of pyridine rings is 1. The molecule has 0 N–H and O–H groups in total. The van der Waals surface area contributed by atoms with Crippen LogP contribution < -0.4 is 4.73 Å². The third kappa shape index (κ3) is 2.79. The number of rotatable bonds is 4. The van der Waals surface area contributed by atoms with E-state index >= 15 is 0 Å². The Labute approximate surface area is 117 Å². The first kappa shape index (κ1) is 12.7. The Balaban J connectivity index is 1.80. The summed E-state index contributed by atoms with van der Waals surface area (Å²) in [5.41, 5.74) is 1.70. The van der Waals surface area contributed by atoms with Gasteiger partial charge in [0.25, 0.3) is 5.91 Å². The molecule has 0 unspecified atom stereocenters. The topological polar surface area (TPSA) is 47.2 Å². The Hall–Kier alpha value is -2.36. The zero-order valence-electron chi connectivity index (χ0n) is 11.1. The molecular weight excluding hydrogens is 252 g/mol. The molecule has 0 radical (unpaired) electrons. The zero-order valence-corrected chi connectivity index (χ0v) is 11.1. The van der Waals surface area contributed by atoms with Crippen molar-refractivity contribution in [1.82, 2.24) is 4.90 Å². The summed E-state index contributed by atoms with van der Waals surface area (Å²) in [7, 11) is 0. The molecule has 4 heteroatoms. The van der Waals surface area contributed by atoms with E-state index in [1.54, 1.807) is 12.1 Å². The van der Waals surface area contributed by atoms with Crippen molar-refractivity contribution in [2.24, 2.45) is 0 Å². The fourth-order valence-corrected chi connectivity index (χ4v) is 2.25. The van der Waals surface area contributed by atoms with Crippen LogP contribution in [0.4, 0.5) is 0 Å². The molecule has 1 saturated carbocycles. The van der Waals surface area contributed by atoms with Crippen LogP contribution in [0.15, 0.2) is 54.9 Å². The lowest BCUT2D eigenvalue weighted by atomic mass is 10.2. The monoisotopic (exact) mass is 268 g/mol. The fourth-order valence-electron chi connectivity index (χ4n) is 2.25. The van der Waals surface area contributed by atoms with Crippen LogP contribution in [0.3, 0.4) is 0 Å². The molecule has 3 rings (SSSR count). The molecule has 0 spiro atoms. The summed E-state index contributed by atoms with van der Waals surface area (Å²) < 4.78 is 0.690. The second-order valence-electron chi connectivity index (χ2n) is 5.10. The SMILES string of the molecule is O=C(c1cc[n+]([O-])cc1)N(Cc1ccccc1)C1CC1. The van der Waals surface area contributed by atoms with Gasteiger partial charge in [0.2, 0.25) is 0 Å². The maximum atomic E-state index is 12.6. The van der Waals surface area contributed by atoms with E-state index in [-0.39, 0.29) is 5.91 Å². The summed E-state index contributed by atoms with van der Waals surface area (Å²) >= 11 is 0. The zero-order chi connectivity index (χ0) is 13.9. The predicted octanol–water partition coefficient (Wildman–Crippen LogP) is 2.12. The third-order valence-electron chi connectivity index (χ3n) is 3.49. The van der Waals surface area contributed by atoms with E-state index in [1.807, 2.05) is 35.2 Å². The molecule has 1 heterocycles. The Morgan fingerprint density at radius 1 is 1.15 bits per heavy atom. The smallest absolute Gasteiger partial charge is 0.254 e. The van der Waals surface area contributed by atoms with E-state index in [0.29, 0.717) is 22.9 Å². The van der Waals surface area contributed by atoms with Crippen LogP contribution in [-0.2, 0) is 6.54 Å². The molecule has 1 aromatic heterocycles. The van der Waals surface area contributed by atoms with Gasteiger partial charge in [-0.1, -0.05) is 30.3 Å². The minimum absolute atomic E-state index is 0.00282. The van der Waals surface area contributed by atoms with Crippen molar-refractivity contribution in [3.05, 3.63) is 71.2 Å². The van der Waals surface area contributed by atoms with Gasteiger partial charge in [0.05, 0.1) is 5.56 Å². The lowest BCUT2D eigenvalue weighted by Crippen LogP contribution is -2.33. The average Bonchev–Trinajstić information content (AvgIpc) is 3.30. The Kier molecular flexibility index (Phi) is 3.37.